The molecule has 0 aliphatic carbocycles. The number of rotatable bonds is 3. The van der Waals surface area contributed by atoms with Crippen molar-refractivity contribution in [3.05, 3.63) is 69.7 Å². The minimum absolute atomic E-state index is 0.168. The van der Waals surface area contributed by atoms with Crippen LogP contribution in [0.5, 0.6) is 0 Å². The third kappa shape index (κ3) is 3.60. The van der Waals surface area contributed by atoms with Gasteiger partial charge in [-0.05, 0) is 42.0 Å². The van der Waals surface area contributed by atoms with E-state index in [1.165, 1.54) is 6.08 Å². The Morgan fingerprint density at radius 2 is 1.74 bits per heavy atom. The molecule has 2 rings (SSSR count). The van der Waals surface area contributed by atoms with Crippen LogP contribution in [0.4, 0.5) is 5.69 Å². The quantitative estimate of drug-likeness (QED) is 0.515. The van der Waals surface area contributed by atoms with Crippen LogP contribution in [-0.4, -0.2) is 5.78 Å². The molecule has 0 spiro atoms. The third-order valence-electron chi connectivity index (χ3n) is 2.56. The van der Waals surface area contributed by atoms with Gasteiger partial charge in [0.2, 0.25) is 0 Å². The van der Waals surface area contributed by atoms with E-state index in [4.69, 9.17) is 28.9 Å². The summed E-state index contributed by atoms with van der Waals surface area (Å²) in [5.41, 5.74) is 7.60. The zero-order valence-electron chi connectivity index (χ0n) is 9.94. The minimum Gasteiger partial charge on any atom is -0.399 e. The minimum atomic E-state index is -0.168. The van der Waals surface area contributed by atoms with Crippen LogP contribution in [-0.2, 0) is 0 Å². The largest absolute Gasteiger partial charge is 0.399 e. The summed E-state index contributed by atoms with van der Waals surface area (Å²) >= 11 is 11.8. The topological polar surface area (TPSA) is 43.1 Å². The molecule has 0 fully saturated rings. The third-order valence-corrected chi connectivity index (χ3v) is 3.11. The van der Waals surface area contributed by atoms with Crippen LogP contribution in [0.1, 0.15) is 15.9 Å². The molecular formula is C15H11Cl2NO. The number of halogens is 2. The second-order valence-corrected chi connectivity index (χ2v) is 4.83. The number of allylic oxidation sites excluding steroid dienone is 1. The number of nitrogens with two attached hydrogens (primary N) is 1. The number of nitrogen functional groups attached to an aromatic ring is 1. The number of ketones is 1. The Morgan fingerprint density at radius 1 is 1.05 bits per heavy atom. The first kappa shape index (κ1) is 13.7. The number of carbonyl (C=O) groups is 1. The fourth-order valence-corrected chi connectivity index (χ4v) is 2.06. The van der Waals surface area contributed by atoms with E-state index in [-0.39, 0.29) is 5.78 Å². The molecule has 2 N–H and O–H groups in total. The zero-order valence-corrected chi connectivity index (χ0v) is 11.4. The van der Waals surface area contributed by atoms with Crippen molar-refractivity contribution in [3.63, 3.8) is 0 Å². The van der Waals surface area contributed by atoms with Crippen molar-refractivity contribution in [1.29, 1.82) is 0 Å². The highest BCUT2D eigenvalue weighted by atomic mass is 35.5. The molecule has 2 aromatic carbocycles. The molecule has 0 aliphatic rings. The number of benzene rings is 2. The normalized spacial score (nSPS) is 10.8. The van der Waals surface area contributed by atoms with Crippen molar-refractivity contribution in [2.45, 2.75) is 0 Å². The molecule has 0 atom stereocenters. The number of hydrogen-bond donors (Lipinski definition) is 1. The van der Waals surface area contributed by atoms with E-state index in [0.717, 1.165) is 5.56 Å². The molecule has 0 unspecified atom stereocenters. The highest BCUT2D eigenvalue weighted by Gasteiger charge is 2.07. The van der Waals surface area contributed by atoms with Gasteiger partial charge in [0, 0.05) is 16.3 Å². The van der Waals surface area contributed by atoms with Crippen LogP contribution in [0.25, 0.3) is 6.08 Å². The van der Waals surface area contributed by atoms with E-state index in [0.29, 0.717) is 21.3 Å². The molecule has 4 heteroatoms. The van der Waals surface area contributed by atoms with Gasteiger partial charge in [-0.3, -0.25) is 4.79 Å². The van der Waals surface area contributed by atoms with Crippen molar-refractivity contribution in [3.8, 4) is 0 Å². The van der Waals surface area contributed by atoms with Crippen LogP contribution in [0, 0.1) is 0 Å². The fourth-order valence-electron chi connectivity index (χ4n) is 1.56. The van der Waals surface area contributed by atoms with Crippen LogP contribution in [0.15, 0.2) is 48.5 Å². The Morgan fingerprint density at radius 3 is 2.37 bits per heavy atom. The summed E-state index contributed by atoms with van der Waals surface area (Å²) in [7, 11) is 0. The summed E-state index contributed by atoms with van der Waals surface area (Å²) in [5, 5.41) is 0.850. The van der Waals surface area contributed by atoms with Crippen LogP contribution >= 0.6 is 23.2 Å². The number of carbonyl (C=O) groups excluding carboxylic acids is 1. The lowest BCUT2D eigenvalue weighted by Gasteiger charge is -2.00. The summed E-state index contributed by atoms with van der Waals surface area (Å²) in [6, 6.07) is 12.0. The number of anilines is 1. The van der Waals surface area contributed by atoms with Gasteiger partial charge in [0.1, 0.15) is 0 Å². The zero-order chi connectivity index (χ0) is 13.8. The molecule has 0 heterocycles. The van der Waals surface area contributed by atoms with Gasteiger partial charge in [-0.15, -0.1) is 0 Å². The van der Waals surface area contributed by atoms with Crippen LogP contribution in [0.3, 0.4) is 0 Å². The van der Waals surface area contributed by atoms with Crippen molar-refractivity contribution >= 4 is 40.7 Å². The maximum Gasteiger partial charge on any atom is 0.187 e. The molecular weight excluding hydrogens is 281 g/mol. The summed E-state index contributed by atoms with van der Waals surface area (Å²) in [6.45, 7) is 0. The standard InChI is InChI=1S/C15H11Cl2NO/c16-11-4-7-13(14(17)9-11)15(19)8-3-10-1-5-12(18)6-2-10/h1-9H,18H2/b8-3+. The lowest BCUT2D eigenvalue weighted by Crippen LogP contribution is -1.95. The molecule has 0 amide bonds. The predicted molar refractivity (Wildman–Crippen MR) is 80.7 cm³/mol. The van der Waals surface area contributed by atoms with E-state index in [9.17, 15) is 4.79 Å². The smallest absolute Gasteiger partial charge is 0.187 e. The van der Waals surface area contributed by atoms with Gasteiger partial charge in [-0.1, -0.05) is 41.4 Å². The molecule has 2 nitrogen and oxygen atoms in total. The summed E-state index contributed by atoms with van der Waals surface area (Å²) in [5.74, 6) is -0.168. The summed E-state index contributed by atoms with van der Waals surface area (Å²) < 4.78 is 0. The van der Waals surface area contributed by atoms with Crippen molar-refractivity contribution < 1.29 is 4.79 Å². The Hall–Kier alpha value is -1.77. The van der Waals surface area contributed by atoms with E-state index in [1.54, 1.807) is 36.4 Å². The first-order valence-electron chi connectivity index (χ1n) is 5.59. The Kier molecular flexibility index (Phi) is 4.25. The maximum atomic E-state index is 12.0. The monoisotopic (exact) mass is 291 g/mol. The lowest BCUT2D eigenvalue weighted by atomic mass is 10.1. The SMILES string of the molecule is Nc1ccc(/C=C/C(=O)c2ccc(Cl)cc2Cl)cc1. The van der Waals surface area contributed by atoms with E-state index in [2.05, 4.69) is 0 Å². The molecule has 2 aromatic rings. The Labute approximate surface area is 121 Å². The second-order valence-electron chi connectivity index (χ2n) is 3.99. The maximum absolute atomic E-state index is 12.0. The van der Waals surface area contributed by atoms with Gasteiger partial charge in [-0.2, -0.15) is 0 Å². The van der Waals surface area contributed by atoms with Gasteiger partial charge in [-0.25, -0.2) is 0 Å². The second kappa shape index (κ2) is 5.91. The molecule has 0 radical (unpaired) electrons. The number of hydrogen-bond acceptors (Lipinski definition) is 2. The van der Waals surface area contributed by atoms with Crippen molar-refractivity contribution in [2.75, 3.05) is 5.73 Å². The van der Waals surface area contributed by atoms with Gasteiger partial charge >= 0.3 is 0 Å². The molecule has 0 saturated heterocycles. The van der Waals surface area contributed by atoms with Crippen LogP contribution in [0.2, 0.25) is 10.0 Å². The molecule has 0 aromatic heterocycles. The Balaban J connectivity index is 2.18. The first-order valence-corrected chi connectivity index (χ1v) is 6.35. The summed E-state index contributed by atoms with van der Waals surface area (Å²) in [6.07, 6.45) is 3.19. The highest BCUT2D eigenvalue weighted by Crippen LogP contribution is 2.22. The molecule has 0 saturated carbocycles. The molecule has 0 aliphatic heterocycles. The molecule has 19 heavy (non-hydrogen) atoms. The summed E-state index contributed by atoms with van der Waals surface area (Å²) in [4.78, 5) is 12.0. The van der Waals surface area contributed by atoms with Crippen molar-refractivity contribution in [1.82, 2.24) is 0 Å². The van der Waals surface area contributed by atoms with E-state index < -0.39 is 0 Å². The first-order chi connectivity index (χ1) is 9.06. The van der Waals surface area contributed by atoms with E-state index >= 15 is 0 Å². The van der Waals surface area contributed by atoms with Gasteiger partial charge in [0.15, 0.2) is 5.78 Å². The van der Waals surface area contributed by atoms with Gasteiger partial charge in [0.25, 0.3) is 0 Å². The Bertz CT molecular complexity index is 633. The average molecular weight is 292 g/mol. The highest BCUT2D eigenvalue weighted by molar-refractivity contribution is 6.37. The van der Waals surface area contributed by atoms with Crippen LogP contribution < -0.4 is 5.73 Å². The van der Waals surface area contributed by atoms with Gasteiger partial charge in [0.05, 0.1) is 5.02 Å². The molecule has 96 valence electrons. The lowest BCUT2D eigenvalue weighted by molar-refractivity contribution is 0.104. The average Bonchev–Trinajstić information content (AvgIpc) is 2.37. The van der Waals surface area contributed by atoms with Crippen molar-refractivity contribution in [2.24, 2.45) is 0 Å². The van der Waals surface area contributed by atoms with Gasteiger partial charge < -0.3 is 5.73 Å². The fraction of sp³-hybridized carbons (Fsp3) is 0. The van der Waals surface area contributed by atoms with E-state index in [1.807, 2.05) is 12.1 Å². The molecule has 0 bridgehead atoms. The predicted octanol–water partition coefficient (Wildman–Crippen LogP) is 4.47.